The molecule has 0 aromatic heterocycles. The summed E-state index contributed by atoms with van der Waals surface area (Å²) in [6.07, 6.45) is -2.10. The number of carbonyl (C=O) groups is 1. The SMILES string of the molecule is CCCOC1CC(C(=O)Nc2ccc(C(F)(F)F)cc2F)CC(c2ccc(NC)cc2)C1. The normalized spacial score (nSPS) is 21.2. The minimum Gasteiger partial charge on any atom is -0.388 e. The Hall–Kier alpha value is -2.61. The fourth-order valence-electron chi connectivity index (χ4n) is 4.12. The number of hydrogen-bond donors (Lipinski definition) is 2. The second-order valence-electron chi connectivity index (χ2n) is 8.15. The zero-order valence-corrected chi connectivity index (χ0v) is 18.1. The van der Waals surface area contributed by atoms with Gasteiger partial charge in [-0.15, -0.1) is 0 Å². The van der Waals surface area contributed by atoms with E-state index >= 15 is 0 Å². The predicted octanol–water partition coefficient (Wildman–Crippen LogP) is 6.20. The Bertz CT molecular complexity index is 915. The summed E-state index contributed by atoms with van der Waals surface area (Å²) in [6.45, 7) is 2.59. The molecule has 1 saturated carbocycles. The number of nitrogens with one attached hydrogen (secondary N) is 2. The Balaban J connectivity index is 1.75. The molecule has 2 aromatic carbocycles. The first-order valence-electron chi connectivity index (χ1n) is 10.8. The molecule has 3 atom stereocenters. The second kappa shape index (κ2) is 10.3. The van der Waals surface area contributed by atoms with Crippen molar-refractivity contribution in [2.75, 3.05) is 24.3 Å². The van der Waals surface area contributed by atoms with Crippen molar-refractivity contribution in [3.8, 4) is 0 Å². The van der Waals surface area contributed by atoms with Gasteiger partial charge in [0, 0.05) is 25.3 Å². The van der Waals surface area contributed by atoms with Crippen LogP contribution in [0.5, 0.6) is 0 Å². The molecular formula is C24H28F4N2O2. The third-order valence-electron chi connectivity index (χ3n) is 5.82. The highest BCUT2D eigenvalue weighted by Crippen LogP contribution is 2.39. The largest absolute Gasteiger partial charge is 0.416 e. The third kappa shape index (κ3) is 6.00. The molecule has 4 nitrogen and oxygen atoms in total. The van der Waals surface area contributed by atoms with Gasteiger partial charge in [-0.05, 0) is 67.5 Å². The summed E-state index contributed by atoms with van der Waals surface area (Å²) in [4.78, 5) is 12.9. The van der Waals surface area contributed by atoms with E-state index in [2.05, 4.69) is 10.6 Å². The quantitative estimate of drug-likeness (QED) is 0.492. The van der Waals surface area contributed by atoms with Crippen LogP contribution < -0.4 is 10.6 Å². The monoisotopic (exact) mass is 452 g/mol. The maximum atomic E-state index is 14.2. The molecule has 1 aliphatic rings. The van der Waals surface area contributed by atoms with E-state index in [0.29, 0.717) is 25.5 Å². The first-order chi connectivity index (χ1) is 15.2. The lowest BCUT2D eigenvalue weighted by atomic mass is 9.76. The molecule has 0 bridgehead atoms. The lowest BCUT2D eigenvalue weighted by Crippen LogP contribution is -2.35. The van der Waals surface area contributed by atoms with Gasteiger partial charge in [-0.1, -0.05) is 19.1 Å². The number of anilines is 2. The number of benzene rings is 2. The van der Waals surface area contributed by atoms with Crippen LogP contribution in [0, 0.1) is 11.7 Å². The van der Waals surface area contributed by atoms with Crippen LogP contribution in [-0.2, 0) is 15.7 Å². The van der Waals surface area contributed by atoms with Gasteiger partial charge in [-0.2, -0.15) is 13.2 Å². The lowest BCUT2D eigenvalue weighted by molar-refractivity contribution is -0.137. The van der Waals surface area contributed by atoms with E-state index in [-0.39, 0.29) is 17.7 Å². The van der Waals surface area contributed by atoms with Crippen molar-refractivity contribution in [1.29, 1.82) is 0 Å². The number of carbonyl (C=O) groups excluding carboxylic acids is 1. The standard InChI is InChI=1S/C24H28F4N2O2/c1-3-10-32-20-12-16(15-4-7-19(29-2)8-5-15)11-17(13-20)23(31)30-22-9-6-18(14-21(22)25)24(26,27)28/h4-9,14,16-17,20,29H,3,10-13H2,1-2H3,(H,30,31). The fraction of sp³-hybridized carbons (Fsp3) is 0.458. The highest BCUT2D eigenvalue weighted by Gasteiger charge is 2.35. The summed E-state index contributed by atoms with van der Waals surface area (Å²) in [7, 11) is 1.84. The highest BCUT2D eigenvalue weighted by molar-refractivity contribution is 5.92. The van der Waals surface area contributed by atoms with Gasteiger partial charge in [-0.3, -0.25) is 4.79 Å². The van der Waals surface area contributed by atoms with Gasteiger partial charge >= 0.3 is 6.18 Å². The van der Waals surface area contributed by atoms with Gasteiger partial charge in [0.15, 0.2) is 0 Å². The van der Waals surface area contributed by atoms with E-state index in [1.165, 1.54) is 0 Å². The van der Waals surface area contributed by atoms with E-state index in [4.69, 9.17) is 4.74 Å². The molecule has 0 heterocycles. The van der Waals surface area contributed by atoms with Crippen molar-refractivity contribution in [3.05, 3.63) is 59.4 Å². The summed E-state index contributed by atoms with van der Waals surface area (Å²) >= 11 is 0. The van der Waals surface area contributed by atoms with Crippen molar-refractivity contribution in [1.82, 2.24) is 0 Å². The number of ether oxygens (including phenoxy) is 1. The van der Waals surface area contributed by atoms with E-state index in [1.54, 1.807) is 0 Å². The highest BCUT2D eigenvalue weighted by atomic mass is 19.4. The minimum absolute atomic E-state index is 0.0877. The predicted molar refractivity (Wildman–Crippen MR) is 116 cm³/mol. The molecule has 174 valence electrons. The summed E-state index contributed by atoms with van der Waals surface area (Å²) in [5.74, 6) is -1.88. The summed E-state index contributed by atoms with van der Waals surface area (Å²) in [6, 6.07) is 10.1. The number of alkyl halides is 3. The van der Waals surface area contributed by atoms with Crippen LogP contribution in [0.2, 0.25) is 0 Å². The zero-order valence-electron chi connectivity index (χ0n) is 18.1. The number of rotatable bonds is 7. The van der Waals surface area contributed by atoms with Crippen LogP contribution in [0.1, 0.15) is 49.7 Å². The Labute approximate surface area is 185 Å². The summed E-state index contributed by atoms with van der Waals surface area (Å²) in [5, 5.41) is 5.55. The molecule has 0 aliphatic heterocycles. The zero-order chi connectivity index (χ0) is 23.3. The first kappa shape index (κ1) is 24.0. The molecule has 2 aromatic rings. The van der Waals surface area contributed by atoms with E-state index in [0.717, 1.165) is 36.2 Å². The molecule has 0 radical (unpaired) electrons. The number of hydrogen-bond acceptors (Lipinski definition) is 3. The van der Waals surface area contributed by atoms with Gasteiger partial charge in [0.05, 0.1) is 17.4 Å². The average molecular weight is 452 g/mol. The summed E-state index contributed by atoms with van der Waals surface area (Å²) < 4.78 is 58.5. The first-order valence-corrected chi connectivity index (χ1v) is 10.8. The molecule has 3 unspecified atom stereocenters. The molecule has 1 amide bonds. The Kier molecular flexibility index (Phi) is 7.77. The van der Waals surface area contributed by atoms with E-state index in [9.17, 15) is 22.4 Å². The molecule has 0 saturated heterocycles. The van der Waals surface area contributed by atoms with Gasteiger partial charge in [-0.25, -0.2) is 4.39 Å². The van der Waals surface area contributed by atoms with E-state index < -0.39 is 29.4 Å². The average Bonchev–Trinajstić information content (AvgIpc) is 2.78. The van der Waals surface area contributed by atoms with Crippen molar-refractivity contribution in [2.24, 2.45) is 5.92 Å². The smallest absolute Gasteiger partial charge is 0.388 e. The number of amides is 1. The molecule has 2 N–H and O–H groups in total. The fourth-order valence-corrected chi connectivity index (χ4v) is 4.12. The van der Waals surface area contributed by atoms with Crippen LogP contribution in [0.15, 0.2) is 42.5 Å². The van der Waals surface area contributed by atoms with Crippen LogP contribution in [0.3, 0.4) is 0 Å². The van der Waals surface area contributed by atoms with Gasteiger partial charge in [0.1, 0.15) is 5.82 Å². The Morgan fingerprint density at radius 1 is 1.09 bits per heavy atom. The summed E-state index contributed by atoms with van der Waals surface area (Å²) in [5.41, 5.74) is 0.723. The molecular weight excluding hydrogens is 424 g/mol. The Morgan fingerprint density at radius 2 is 1.81 bits per heavy atom. The molecule has 8 heteroatoms. The molecule has 32 heavy (non-hydrogen) atoms. The number of halogens is 4. The topological polar surface area (TPSA) is 50.4 Å². The lowest BCUT2D eigenvalue weighted by Gasteiger charge is -2.34. The van der Waals surface area contributed by atoms with E-state index in [1.807, 2.05) is 38.2 Å². The van der Waals surface area contributed by atoms with Crippen molar-refractivity contribution in [2.45, 2.75) is 50.8 Å². The molecule has 1 fully saturated rings. The molecule has 0 spiro atoms. The van der Waals surface area contributed by atoms with Gasteiger partial charge < -0.3 is 15.4 Å². The van der Waals surface area contributed by atoms with Crippen molar-refractivity contribution < 1.29 is 27.1 Å². The molecule has 3 rings (SSSR count). The Morgan fingerprint density at radius 3 is 2.41 bits per heavy atom. The molecule has 1 aliphatic carbocycles. The van der Waals surface area contributed by atoms with Crippen LogP contribution in [0.4, 0.5) is 28.9 Å². The van der Waals surface area contributed by atoms with Crippen LogP contribution >= 0.6 is 0 Å². The minimum atomic E-state index is -4.65. The van der Waals surface area contributed by atoms with Gasteiger partial charge in [0.25, 0.3) is 0 Å². The maximum Gasteiger partial charge on any atom is 0.416 e. The second-order valence-corrected chi connectivity index (χ2v) is 8.15. The van der Waals surface area contributed by atoms with Crippen molar-refractivity contribution >= 4 is 17.3 Å². The maximum absolute atomic E-state index is 14.2. The van der Waals surface area contributed by atoms with Crippen molar-refractivity contribution in [3.63, 3.8) is 0 Å². The van der Waals surface area contributed by atoms with Gasteiger partial charge in [0.2, 0.25) is 5.91 Å². The third-order valence-corrected chi connectivity index (χ3v) is 5.82. The van der Waals surface area contributed by atoms with Crippen LogP contribution in [0.25, 0.3) is 0 Å². The van der Waals surface area contributed by atoms with Crippen LogP contribution in [-0.4, -0.2) is 25.7 Å².